The minimum absolute atomic E-state index is 0.117. The van der Waals surface area contributed by atoms with Gasteiger partial charge < -0.3 is 10.2 Å². The zero-order chi connectivity index (χ0) is 20.2. The topological polar surface area (TPSA) is 49.4 Å². The average molecular weight is 408 g/mol. The lowest BCUT2D eigenvalue weighted by molar-refractivity contribution is -0.128. The molecule has 0 aliphatic carbocycles. The molecule has 1 aliphatic rings. The summed E-state index contributed by atoms with van der Waals surface area (Å²) in [6.07, 6.45) is 0.457. The summed E-state index contributed by atoms with van der Waals surface area (Å²) in [5.41, 5.74) is 1.99. The zero-order valence-corrected chi connectivity index (χ0v) is 16.6. The zero-order valence-electron chi connectivity index (χ0n) is 15.8. The van der Waals surface area contributed by atoms with Gasteiger partial charge in [0.15, 0.2) is 0 Å². The molecule has 0 unspecified atom stereocenters. The molecule has 148 valence electrons. The van der Waals surface area contributed by atoms with Crippen LogP contribution in [0.15, 0.2) is 66.7 Å². The molecule has 1 aromatic heterocycles. The Labute approximate surface area is 173 Å². The largest absolute Gasteiger partial charge is 0.351 e. The van der Waals surface area contributed by atoms with Gasteiger partial charge in [0.25, 0.3) is 5.91 Å². The number of hydrogen-bond donors (Lipinski definition) is 1. The summed E-state index contributed by atoms with van der Waals surface area (Å²) in [7, 11) is 0. The number of thiophene rings is 1. The molecule has 4 nitrogen and oxygen atoms in total. The standard InChI is InChI=1S/C23H21FN2O2S/c24-19-8-6-18(7-9-19)20-10-11-21(29-20)23(28)25-13-17-12-22(27)26(15-17)14-16-4-2-1-3-5-16/h1-11,17H,12-15H2,(H,25,28)/t17-/m1/s1. The van der Waals surface area contributed by atoms with Crippen molar-refractivity contribution in [2.45, 2.75) is 13.0 Å². The monoisotopic (exact) mass is 408 g/mol. The number of amides is 2. The third-order valence-corrected chi connectivity index (χ3v) is 6.15. The number of carbonyl (C=O) groups excluding carboxylic acids is 2. The normalized spacial score (nSPS) is 16.2. The van der Waals surface area contributed by atoms with Gasteiger partial charge in [0, 0.05) is 36.9 Å². The molecule has 4 rings (SSSR count). The van der Waals surface area contributed by atoms with Gasteiger partial charge in [0.1, 0.15) is 5.82 Å². The lowest BCUT2D eigenvalue weighted by Crippen LogP contribution is -2.30. The van der Waals surface area contributed by atoms with Crippen molar-refractivity contribution < 1.29 is 14.0 Å². The van der Waals surface area contributed by atoms with Gasteiger partial charge in [-0.1, -0.05) is 42.5 Å². The molecule has 0 spiro atoms. The fourth-order valence-corrected chi connectivity index (χ4v) is 4.43. The number of halogens is 1. The van der Waals surface area contributed by atoms with Gasteiger partial charge in [-0.3, -0.25) is 9.59 Å². The predicted octanol–water partition coefficient (Wildman–Crippen LogP) is 4.33. The van der Waals surface area contributed by atoms with Gasteiger partial charge in [-0.15, -0.1) is 11.3 Å². The van der Waals surface area contributed by atoms with Crippen molar-refractivity contribution in [1.29, 1.82) is 0 Å². The Balaban J connectivity index is 1.31. The second kappa shape index (κ2) is 8.57. The molecule has 1 atom stereocenters. The molecular weight excluding hydrogens is 387 g/mol. The molecule has 6 heteroatoms. The van der Waals surface area contributed by atoms with Crippen LogP contribution in [0.5, 0.6) is 0 Å². The molecule has 2 aromatic carbocycles. The molecule has 3 aromatic rings. The summed E-state index contributed by atoms with van der Waals surface area (Å²) < 4.78 is 13.1. The Morgan fingerprint density at radius 1 is 1.07 bits per heavy atom. The van der Waals surface area contributed by atoms with Crippen LogP contribution in [-0.4, -0.2) is 29.8 Å². The Morgan fingerprint density at radius 3 is 2.59 bits per heavy atom. The van der Waals surface area contributed by atoms with Crippen LogP contribution in [0.1, 0.15) is 21.7 Å². The van der Waals surface area contributed by atoms with Crippen LogP contribution in [0, 0.1) is 11.7 Å². The van der Waals surface area contributed by atoms with Gasteiger partial charge in [-0.05, 0) is 35.4 Å². The molecule has 0 bridgehead atoms. The SMILES string of the molecule is O=C(NC[C@H]1CC(=O)N(Cc2ccccc2)C1)c1ccc(-c2ccc(F)cc2)s1. The quantitative estimate of drug-likeness (QED) is 0.660. The van der Waals surface area contributed by atoms with Crippen molar-refractivity contribution in [2.75, 3.05) is 13.1 Å². The lowest BCUT2D eigenvalue weighted by Gasteiger charge is -2.17. The highest BCUT2D eigenvalue weighted by molar-refractivity contribution is 7.17. The fourth-order valence-electron chi connectivity index (χ4n) is 3.50. The number of rotatable bonds is 6. The van der Waals surface area contributed by atoms with E-state index in [1.54, 1.807) is 18.2 Å². The van der Waals surface area contributed by atoms with Crippen LogP contribution in [0.25, 0.3) is 10.4 Å². The Hall–Kier alpha value is -2.99. The van der Waals surface area contributed by atoms with Crippen molar-refractivity contribution in [1.82, 2.24) is 10.2 Å². The predicted molar refractivity (Wildman–Crippen MR) is 112 cm³/mol. The summed E-state index contributed by atoms with van der Waals surface area (Å²) in [6.45, 7) is 1.73. The summed E-state index contributed by atoms with van der Waals surface area (Å²) in [5.74, 6) is -0.178. The maximum Gasteiger partial charge on any atom is 0.261 e. The summed E-state index contributed by atoms with van der Waals surface area (Å²) >= 11 is 1.37. The molecule has 1 saturated heterocycles. The van der Waals surface area contributed by atoms with Crippen LogP contribution in [0.4, 0.5) is 4.39 Å². The molecule has 1 fully saturated rings. The number of carbonyl (C=O) groups is 2. The molecular formula is C23H21FN2O2S. The number of hydrogen-bond acceptors (Lipinski definition) is 3. The van der Waals surface area contributed by atoms with E-state index >= 15 is 0 Å². The lowest BCUT2D eigenvalue weighted by atomic mass is 10.1. The summed E-state index contributed by atoms with van der Waals surface area (Å²) in [4.78, 5) is 28.1. The first-order valence-electron chi connectivity index (χ1n) is 9.54. The van der Waals surface area contributed by atoms with E-state index in [4.69, 9.17) is 0 Å². The molecule has 0 radical (unpaired) electrons. The summed E-state index contributed by atoms with van der Waals surface area (Å²) in [6, 6.07) is 19.8. The first-order chi connectivity index (χ1) is 14.1. The van der Waals surface area contributed by atoms with E-state index < -0.39 is 0 Å². The van der Waals surface area contributed by atoms with Crippen molar-refractivity contribution in [3.05, 3.63) is 83.0 Å². The van der Waals surface area contributed by atoms with E-state index in [2.05, 4.69) is 5.32 Å². The van der Waals surface area contributed by atoms with E-state index in [0.29, 0.717) is 30.9 Å². The highest BCUT2D eigenvalue weighted by Crippen LogP contribution is 2.28. The smallest absolute Gasteiger partial charge is 0.261 e. The van der Waals surface area contributed by atoms with E-state index in [1.807, 2.05) is 41.3 Å². The van der Waals surface area contributed by atoms with Crippen molar-refractivity contribution in [3.63, 3.8) is 0 Å². The van der Waals surface area contributed by atoms with Crippen LogP contribution >= 0.6 is 11.3 Å². The summed E-state index contributed by atoms with van der Waals surface area (Å²) in [5, 5.41) is 2.95. The molecule has 1 N–H and O–H groups in total. The minimum Gasteiger partial charge on any atom is -0.351 e. The van der Waals surface area contributed by atoms with Gasteiger partial charge in [-0.2, -0.15) is 0 Å². The highest BCUT2D eigenvalue weighted by Gasteiger charge is 2.29. The number of likely N-dealkylation sites (tertiary alicyclic amines) is 1. The van der Waals surface area contributed by atoms with Crippen molar-refractivity contribution in [2.24, 2.45) is 5.92 Å². The minimum atomic E-state index is -0.282. The number of nitrogens with zero attached hydrogens (tertiary/aromatic N) is 1. The van der Waals surface area contributed by atoms with Crippen molar-refractivity contribution >= 4 is 23.2 Å². The van der Waals surface area contributed by atoms with Gasteiger partial charge >= 0.3 is 0 Å². The Kier molecular flexibility index (Phi) is 5.71. The maximum absolute atomic E-state index is 13.1. The van der Waals surface area contributed by atoms with Crippen LogP contribution in [0.3, 0.4) is 0 Å². The van der Waals surface area contributed by atoms with E-state index in [1.165, 1.54) is 23.5 Å². The van der Waals surface area contributed by atoms with Gasteiger partial charge in [-0.25, -0.2) is 4.39 Å². The first-order valence-corrected chi connectivity index (χ1v) is 10.4. The second-order valence-electron chi connectivity index (χ2n) is 7.21. The van der Waals surface area contributed by atoms with Crippen LogP contribution in [-0.2, 0) is 11.3 Å². The van der Waals surface area contributed by atoms with Gasteiger partial charge in [0.2, 0.25) is 5.91 Å². The average Bonchev–Trinajstić information content (AvgIpc) is 3.35. The molecule has 2 amide bonds. The molecule has 0 saturated carbocycles. The van der Waals surface area contributed by atoms with E-state index in [9.17, 15) is 14.0 Å². The van der Waals surface area contributed by atoms with Crippen LogP contribution < -0.4 is 5.32 Å². The Morgan fingerprint density at radius 2 is 1.83 bits per heavy atom. The number of benzene rings is 2. The number of nitrogens with one attached hydrogen (secondary N) is 1. The molecule has 2 heterocycles. The second-order valence-corrected chi connectivity index (χ2v) is 8.29. The first kappa shape index (κ1) is 19.3. The Bertz CT molecular complexity index is 1000. The maximum atomic E-state index is 13.1. The van der Waals surface area contributed by atoms with Gasteiger partial charge in [0.05, 0.1) is 4.88 Å². The highest BCUT2D eigenvalue weighted by atomic mass is 32.1. The fraction of sp³-hybridized carbons (Fsp3) is 0.217. The third kappa shape index (κ3) is 4.71. The van der Waals surface area contributed by atoms with E-state index in [-0.39, 0.29) is 23.5 Å². The molecule has 1 aliphatic heterocycles. The van der Waals surface area contributed by atoms with Crippen molar-refractivity contribution in [3.8, 4) is 10.4 Å². The van der Waals surface area contributed by atoms with E-state index in [0.717, 1.165) is 16.0 Å². The molecule has 29 heavy (non-hydrogen) atoms. The van der Waals surface area contributed by atoms with Crippen LogP contribution in [0.2, 0.25) is 0 Å². The third-order valence-electron chi connectivity index (χ3n) is 5.02.